The molecule has 1 amide bonds. The third kappa shape index (κ3) is 3.59. The van der Waals surface area contributed by atoms with Gasteiger partial charge in [0, 0.05) is 12.5 Å². The first-order chi connectivity index (χ1) is 8.36. The molecule has 4 nitrogen and oxygen atoms in total. The van der Waals surface area contributed by atoms with Gasteiger partial charge in [-0.2, -0.15) is 0 Å². The summed E-state index contributed by atoms with van der Waals surface area (Å²) in [6, 6.07) is 0.160. The van der Waals surface area contributed by atoms with E-state index in [0.717, 1.165) is 19.3 Å². The van der Waals surface area contributed by atoms with Crippen LogP contribution in [-0.2, 0) is 9.59 Å². The summed E-state index contributed by atoms with van der Waals surface area (Å²) in [5.74, 6) is -1.14. The first-order valence-electron chi connectivity index (χ1n) is 6.54. The molecule has 2 N–H and O–H groups in total. The van der Waals surface area contributed by atoms with Crippen LogP contribution in [0.4, 0.5) is 0 Å². The molecule has 0 aromatic rings. The number of allylic oxidation sites excluding steroid dienone is 1. The van der Waals surface area contributed by atoms with Crippen molar-refractivity contribution >= 4 is 11.9 Å². The highest BCUT2D eigenvalue weighted by molar-refractivity contribution is 5.85. The summed E-state index contributed by atoms with van der Waals surface area (Å²) in [5.41, 5.74) is -0.991. The minimum Gasteiger partial charge on any atom is -0.481 e. The van der Waals surface area contributed by atoms with Crippen LogP contribution in [0.5, 0.6) is 0 Å². The van der Waals surface area contributed by atoms with E-state index in [1.807, 2.05) is 13.8 Å². The Morgan fingerprint density at radius 2 is 2.11 bits per heavy atom. The zero-order valence-corrected chi connectivity index (χ0v) is 11.4. The second-order valence-electron chi connectivity index (χ2n) is 5.60. The molecule has 4 heteroatoms. The number of carbonyl (C=O) groups is 2. The van der Waals surface area contributed by atoms with Crippen molar-refractivity contribution in [3.8, 4) is 0 Å². The first kappa shape index (κ1) is 14.7. The lowest BCUT2D eigenvalue weighted by molar-refractivity contribution is -0.153. The van der Waals surface area contributed by atoms with Gasteiger partial charge in [-0.3, -0.25) is 9.59 Å². The Morgan fingerprint density at radius 3 is 2.56 bits per heavy atom. The van der Waals surface area contributed by atoms with E-state index in [1.165, 1.54) is 0 Å². The van der Waals surface area contributed by atoms with E-state index in [1.54, 1.807) is 6.92 Å². The summed E-state index contributed by atoms with van der Waals surface area (Å²) in [6.45, 7) is 5.32. The number of carboxylic acids is 1. The van der Waals surface area contributed by atoms with E-state index in [-0.39, 0.29) is 24.3 Å². The molecule has 0 aromatic carbocycles. The number of aliphatic carboxylic acids is 1. The third-order valence-corrected chi connectivity index (χ3v) is 3.92. The van der Waals surface area contributed by atoms with Gasteiger partial charge >= 0.3 is 5.97 Å². The highest BCUT2D eigenvalue weighted by atomic mass is 16.4. The molecule has 2 unspecified atom stereocenters. The van der Waals surface area contributed by atoms with Gasteiger partial charge in [-0.1, -0.05) is 26.0 Å². The molecule has 0 radical (unpaired) electrons. The van der Waals surface area contributed by atoms with Crippen LogP contribution in [0.25, 0.3) is 0 Å². The van der Waals surface area contributed by atoms with E-state index in [4.69, 9.17) is 0 Å². The second-order valence-corrected chi connectivity index (χ2v) is 5.60. The number of nitrogens with one attached hydrogen (secondary N) is 1. The molecule has 0 spiro atoms. The predicted octanol–water partition coefficient (Wildman–Crippen LogP) is 2.35. The van der Waals surface area contributed by atoms with Crippen LogP contribution in [0.1, 0.15) is 46.5 Å². The molecule has 0 heterocycles. The highest BCUT2D eigenvalue weighted by Crippen LogP contribution is 2.31. The number of carbonyl (C=O) groups excluding carboxylic acids is 1. The summed E-state index contributed by atoms with van der Waals surface area (Å²) in [7, 11) is 0. The van der Waals surface area contributed by atoms with Crippen molar-refractivity contribution in [2.24, 2.45) is 11.3 Å². The lowest BCUT2D eigenvalue weighted by Gasteiger charge is -2.29. The molecule has 0 aliphatic heterocycles. The standard InChI is InChI=1S/C14H23NO3/c1-10(2)14(3,13(17)18)9-12(16)15-11-7-5-4-6-8-11/h4-5,10-11H,6-9H2,1-3H3,(H,15,16)(H,17,18). The van der Waals surface area contributed by atoms with Crippen molar-refractivity contribution in [1.29, 1.82) is 0 Å². The Labute approximate surface area is 108 Å². The molecular formula is C14H23NO3. The highest BCUT2D eigenvalue weighted by Gasteiger charge is 2.39. The number of rotatable bonds is 5. The van der Waals surface area contributed by atoms with Gasteiger partial charge in [0.05, 0.1) is 5.41 Å². The van der Waals surface area contributed by atoms with Gasteiger partial charge in [0.2, 0.25) is 5.91 Å². The number of hydrogen-bond donors (Lipinski definition) is 2. The number of carboxylic acid groups (broad SMARTS) is 1. The van der Waals surface area contributed by atoms with Crippen molar-refractivity contribution in [1.82, 2.24) is 5.32 Å². The Bertz CT molecular complexity index is 349. The Hall–Kier alpha value is -1.32. The molecule has 18 heavy (non-hydrogen) atoms. The Morgan fingerprint density at radius 1 is 1.44 bits per heavy atom. The summed E-state index contributed by atoms with van der Waals surface area (Å²) >= 11 is 0. The van der Waals surface area contributed by atoms with Crippen LogP contribution < -0.4 is 5.32 Å². The summed E-state index contributed by atoms with van der Waals surface area (Å²) in [5, 5.41) is 12.2. The largest absolute Gasteiger partial charge is 0.481 e. The van der Waals surface area contributed by atoms with Crippen molar-refractivity contribution in [3.05, 3.63) is 12.2 Å². The number of amides is 1. The lowest BCUT2D eigenvalue weighted by Crippen LogP contribution is -2.42. The van der Waals surface area contributed by atoms with Crippen LogP contribution in [0.2, 0.25) is 0 Å². The van der Waals surface area contributed by atoms with Crippen LogP contribution in [0.3, 0.4) is 0 Å². The molecule has 2 atom stereocenters. The number of hydrogen-bond acceptors (Lipinski definition) is 2. The van der Waals surface area contributed by atoms with Gasteiger partial charge in [-0.25, -0.2) is 0 Å². The monoisotopic (exact) mass is 253 g/mol. The zero-order valence-electron chi connectivity index (χ0n) is 11.4. The van der Waals surface area contributed by atoms with Crippen molar-refractivity contribution in [2.75, 3.05) is 0 Å². The minimum atomic E-state index is -0.991. The van der Waals surface area contributed by atoms with E-state index in [9.17, 15) is 14.7 Å². The van der Waals surface area contributed by atoms with Crippen molar-refractivity contribution < 1.29 is 14.7 Å². The summed E-state index contributed by atoms with van der Waals surface area (Å²) < 4.78 is 0. The summed E-state index contributed by atoms with van der Waals surface area (Å²) in [6.07, 6.45) is 6.97. The van der Waals surface area contributed by atoms with Crippen LogP contribution in [0.15, 0.2) is 12.2 Å². The smallest absolute Gasteiger partial charge is 0.310 e. The molecule has 1 aliphatic carbocycles. The van der Waals surface area contributed by atoms with Gasteiger partial charge in [-0.05, 0) is 32.1 Å². The zero-order chi connectivity index (χ0) is 13.8. The van der Waals surface area contributed by atoms with Gasteiger partial charge in [0.1, 0.15) is 0 Å². The Kier molecular flexibility index (Phi) is 4.93. The van der Waals surface area contributed by atoms with Gasteiger partial charge in [0.25, 0.3) is 0 Å². The third-order valence-electron chi connectivity index (χ3n) is 3.92. The van der Waals surface area contributed by atoms with Gasteiger partial charge < -0.3 is 10.4 Å². The SMILES string of the molecule is CC(C)C(C)(CC(=O)NC1CC=CCC1)C(=O)O. The van der Waals surface area contributed by atoms with Crippen molar-refractivity contribution in [3.63, 3.8) is 0 Å². The van der Waals surface area contributed by atoms with Gasteiger partial charge in [-0.15, -0.1) is 0 Å². The quantitative estimate of drug-likeness (QED) is 0.739. The maximum atomic E-state index is 11.9. The molecule has 0 bridgehead atoms. The Balaban J connectivity index is 2.57. The molecule has 1 rings (SSSR count). The molecule has 0 saturated heterocycles. The van der Waals surface area contributed by atoms with Crippen LogP contribution in [0, 0.1) is 11.3 Å². The van der Waals surface area contributed by atoms with E-state index in [2.05, 4.69) is 17.5 Å². The fraction of sp³-hybridized carbons (Fsp3) is 0.714. The normalized spacial score (nSPS) is 22.6. The van der Waals surface area contributed by atoms with Crippen molar-refractivity contribution in [2.45, 2.75) is 52.5 Å². The van der Waals surface area contributed by atoms with Crippen LogP contribution in [-0.4, -0.2) is 23.0 Å². The fourth-order valence-electron chi connectivity index (χ4n) is 2.06. The lowest BCUT2D eigenvalue weighted by atomic mass is 9.76. The minimum absolute atomic E-state index is 0.0419. The predicted molar refractivity (Wildman–Crippen MR) is 70.1 cm³/mol. The first-order valence-corrected chi connectivity index (χ1v) is 6.54. The molecule has 1 aliphatic rings. The molecule has 0 saturated carbocycles. The molecule has 102 valence electrons. The molecular weight excluding hydrogens is 230 g/mol. The molecule has 0 aromatic heterocycles. The fourth-order valence-corrected chi connectivity index (χ4v) is 2.06. The summed E-state index contributed by atoms with van der Waals surface area (Å²) in [4.78, 5) is 23.2. The average molecular weight is 253 g/mol. The second kappa shape index (κ2) is 6.03. The topological polar surface area (TPSA) is 66.4 Å². The average Bonchev–Trinajstić information content (AvgIpc) is 2.29. The van der Waals surface area contributed by atoms with E-state index >= 15 is 0 Å². The maximum absolute atomic E-state index is 11.9. The van der Waals surface area contributed by atoms with E-state index in [0.29, 0.717) is 0 Å². The molecule has 0 fully saturated rings. The maximum Gasteiger partial charge on any atom is 0.310 e. The van der Waals surface area contributed by atoms with E-state index < -0.39 is 11.4 Å². The van der Waals surface area contributed by atoms with Crippen LogP contribution >= 0.6 is 0 Å². The van der Waals surface area contributed by atoms with Gasteiger partial charge in [0.15, 0.2) is 0 Å².